The van der Waals surface area contributed by atoms with Gasteiger partial charge in [-0.25, -0.2) is 0 Å². The van der Waals surface area contributed by atoms with Gasteiger partial charge in [0, 0.05) is 36.0 Å². The van der Waals surface area contributed by atoms with Crippen LogP contribution in [0.25, 0.3) is 22.1 Å². The Bertz CT molecular complexity index is 1090. The maximum absolute atomic E-state index is 12.9. The zero-order valence-electron chi connectivity index (χ0n) is 15.5. The van der Waals surface area contributed by atoms with E-state index in [2.05, 4.69) is 10.3 Å². The third-order valence-corrected chi connectivity index (χ3v) is 4.59. The quantitative estimate of drug-likeness (QED) is 0.542. The molecule has 5 nitrogen and oxygen atoms in total. The van der Waals surface area contributed by atoms with E-state index in [1.54, 1.807) is 25.6 Å². The number of furan rings is 1. The minimum absolute atomic E-state index is 0.238. The first-order valence-corrected chi connectivity index (χ1v) is 9.09. The van der Waals surface area contributed by atoms with E-state index in [-0.39, 0.29) is 5.91 Å². The van der Waals surface area contributed by atoms with Crippen LogP contribution in [0.15, 0.2) is 77.5 Å². The molecule has 0 fully saturated rings. The second-order valence-corrected chi connectivity index (χ2v) is 6.40. The van der Waals surface area contributed by atoms with Crippen molar-refractivity contribution in [1.29, 1.82) is 0 Å². The fraction of sp³-hybridized carbons (Fsp3) is 0.130. The molecule has 0 spiro atoms. The van der Waals surface area contributed by atoms with Crippen LogP contribution in [0.5, 0.6) is 5.75 Å². The van der Waals surface area contributed by atoms with Gasteiger partial charge in [0.15, 0.2) is 0 Å². The molecule has 0 aliphatic carbocycles. The van der Waals surface area contributed by atoms with Gasteiger partial charge < -0.3 is 14.5 Å². The van der Waals surface area contributed by atoms with E-state index in [1.165, 1.54) is 0 Å². The minimum Gasteiger partial charge on any atom is -0.497 e. The van der Waals surface area contributed by atoms with Crippen molar-refractivity contribution in [1.82, 2.24) is 10.3 Å². The first-order valence-electron chi connectivity index (χ1n) is 9.09. The molecule has 4 rings (SSSR count). The summed E-state index contributed by atoms with van der Waals surface area (Å²) in [5, 5.41) is 3.83. The summed E-state index contributed by atoms with van der Waals surface area (Å²) in [4.78, 5) is 17.0. The van der Waals surface area contributed by atoms with Crippen molar-refractivity contribution in [3.05, 3.63) is 84.4 Å². The first kappa shape index (κ1) is 17.8. The number of pyridine rings is 1. The van der Waals surface area contributed by atoms with Crippen molar-refractivity contribution in [2.24, 2.45) is 0 Å². The first-order chi connectivity index (χ1) is 13.8. The molecule has 2 heterocycles. The molecule has 5 heteroatoms. The van der Waals surface area contributed by atoms with Crippen LogP contribution in [0.2, 0.25) is 0 Å². The summed E-state index contributed by atoms with van der Waals surface area (Å²) in [5.74, 6) is 0.753. The van der Waals surface area contributed by atoms with Crippen LogP contribution in [0, 0.1) is 0 Å². The number of hydrogen-bond donors (Lipinski definition) is 1. The predicted octanol–water partition coefficient (Wildman–Crippen LogP) is 4.48. The summed E-state index contributed by atoms with van der Waals surface area (Å²) >= 11 is 0. The normalized spacial score (nSPS) is 10.8. The summed E-state index contributed by atoms with van der Waals surface area (Å²) in [7, 11) is 1.61. The van der Waals surface area contributed by atoms with E-state index >= 15 is 0 Å². The fourth-order valence-corrected chi connectivity index (χ4v) is 3.20. The van der Waals surface area contributed by atoms with Crippen LogP contribution in [-0.4, -0.2) is 24.5 Å². The summed E-state index contributed by atoms with van der Waals surface area (Å²) in [5.41, 5.74) is 3.41. The van der Waals surface area contributed by atoms with Gasteiger partial charge in [0.05, 0.1) is 7.11 Å². The Labute approximate surface area is 163 Å². The molecule has 28 heavy (non-hydrogen) atoms. The number of hydrogen-bond acceptors (Lipinski definition) is 4. The molecule has 0 bridgehead atoms. The number of nitrogens with zero attached hydrogens (tertiary/aromatic N) is 1. The van der Waals surface area contributed by atoms with Gasteiger partial charge in [-0.15, -0.1) is 0 Å². The fourth-order valence-electron chi connectivity index (χ4n) is 3.20. The second-order valence-electron chi connectivity index (χ2n) is 6.40. The summed E-state index contributed by atoms with van der Waals surface area (Å²) in [6, 6.07) is 19.3. The minimum atomic E-state index is -0.238. The average Bonchev–Trinajstić information content (AvgIpc) is 3.13. The summed E-state index contributed by atoms with van der Waals surface area (Å²) < 4.78 is 11.2. The standard InChI is InChI=1S/C23H20N2O3/c1-27-18-9-10-19-20(14-18)28-22(21(19)17-7-3-2-4-8-17)23(26)25-13-11-16-6-5-12-24-15-16/h2-10,12,14-15H,11,13H2,1H3,(H,25,26). The smallest absolute Gasteiger partial charge is 0.287 e. The van der Waals surface area contributed by atoms with E-state index in [0.29, 0.717) is 30.1 Å². The van der Waals surface area contributed by atoms with E-state index < -0.39 is 0 Å². The van der Waals surface area contributed by atoms with Gasteiger partial charge in [0.25, 0.3) is 5.91 Å². The third kappa shape index (κ3) is 3.60. The highest BCUT2D eigenvalue weighted by Crippen LogP contribution is 2.36. The molecule has 2 aromatic carbocycles. The lowest BCUT2D eigenvalue weighted by Crippen LogP contribution is -2.25. The number of methoxy groups -OCH3 is 1. The van der Waals surface area contributed by atoms with Crippen LogP contribution in [0.1, 0.15) is 16.1 Å². The van der Waals surface area contributed by atoms with Crippen LogP contribution in [-0.2, 0) is 6.42 Å². The SMILES string of the molecule is COc1ccc2c(-c3ccccc3)c(C(=O)NCCc3cccnc3)oc2c1. The molecular weight excluding hydrogens is 352 g/mol. The van der Waals surface area contributed by atoms with Crippen LogP contribution >= 0.6 is 0 Å². The van der Waals surface area contributed by atoms with E-state index in [4.69, 9.17) is 9.15 Å². The lowest BCUT2D eigenvalue weighted by atomic mass is 10.0. The van der Waals surface area contributed by atoms with Gasteiger partial charge in [0.1, 0.15) is 11.3 Å². The molecule has 1 amide bonds. The molecule has 2 aromatic heterocycles. The number of carbonyl (C=O) groups is 1. The molecule has 1 N–H and O–H groups in total. The molecule has 140 valence electrons. The van der Waals surface area contributed by atoms with Crippen LogP contribution in [0.4, 0.5) is 0 Å². The molecule has 0 radical (unpaired) electrons. The number of amides is 1. The van der Waals surface area contributed by atoms with Crippen molar-refractivity contribution < 1.29 is 13.9 Å². The van der Waals surface area contributed by atoms with Crippen molar-refractivity contribution in [2.75, 3.05) is 13.7 Å². The van der Waals surface area contributed by atoms with Crippen molar-refractivity contribution >= 4 is 16.9 Å². The molecule has 0 unspecified atom stereocenters. The molecule has 0 saturated carbocycles. The van der Waals surface area contributed by atoms with E-state index in [9.17, 15) is 4.79 Å². The van der Waals surface area contributed by atoms with Gasteiger partial charge >= 0.3 is 0 Å². The topological polar surface area (TPSA) is 64.4 Å². The lowest BCUT2D eigenvalue weighted by Gasteiger charge is -2.06. The van der Waals surface area contributed by atoms with Crippen LogP contribution < -0.4 is 10.1 Å². The summed E-state index contributed by atoms with van der Waals surface area (Å²) in [6.07, 6.45) is 4.24. The zero-order valence-corrected chi connectivity index (χ0v) is 15.5. The Morgan fingerprint density at radius 1 is 1.11 bits per heavy atom. The molecular formula is C23H20N2O3. The number of rotatable bonds is 6. The van der Waals surface area contributed by atoms with Crippen molar-refractivity contribution in [3.63, 3.8) is 0 Å². The van der Waals surface area contributed by atoms with E-state index in [0.717, 1.165) is 22.1 Å². The van der Waals surface area contributed by atoms with Crippen LogP contribution in [0.3, 0.4) is 0 Å². The number of benzene rings is 2. The van der Waals surface area contributed by atoms with Gasteiger partial charge in [-0.1, -0.05) is 36.4 Å². The monoisotopic (exact) mass is 372 g/mol. The van der Waals surface area contributed by atoms with Gasteiger partial charge in [0.2, 0.25) is 5.76 Å². The highest BCUT2D eigenvalue weighted by Gasteiger charge is 2.22. The number of fused-ring (bicyclic) bond motifs is 1. The van der Waals surface area contributed by atoms with E-state index in [1.807, 2.05) is 54.6 Å². The number of ether oxygens (including phenoxy) is 1. The largest absolute Gasteiger partial charge is 0.497 e. The van der Waals surface area contributed by atoms with Crippen molar-refractivity contribution in [2.45, 2.75) is 6.42 Å². The Hall–Kier alpha value is -3.60. The third-order valence-electron chi connectivity index (χ3n) is 4.59. The number of nitrogens with one attached hydrogen (secondary N) is 1. The second kappa shape index (κ2) is 7.96. The maximum Gasteiger partial charge on any atom is 0.287 e. The molecule has 0 saturated heterocycles. The van der Waals surface area contributed by atoms with Gasteiger partial charge in [-0.2, -0.15) is 0 Å². The zero-order chi connectivity index (χ0) is 19.3. The average molecular weight is 372 g/mol. The molecule has 0 aliphatic heterocycles. The van der Waals surface area contributed by atoms with Gasteiger partial charge in [-0.05, 0) is 35.7 Å². The number of aromatic nitrogens is 1. The maximum atomic E-state index is 12.9. The Kier molecular flexibility index (Phi) is 5.06. The molecule has 0 aliphatic rings. The highest BCUT2D eigenvalue weighted by atomic mass is 16.5. The van der Waals surface area contributed by atoms with Crippen molar-refractivity contribution in [3.8, 4) is 16.9 Å². The molecule has 4 aromatic rings. The van der Waals surface area contributed by atoms with Gasteiger partial charge in [-0.3, -0.25) is 9.78 Å². The Balaban J connectivity index is 1.65. The Morgan fingerprint density at radius 3 is 2.71 bits per heavy atom. The summed E-state index contributed by atoms with van der Waals surface area (Å²) in [6.45, 7) is 0.499. The lowest BCUT2D eigenvalue weighted by molar-refractivity contribution is 0.0929. The predicted molar refractivity (Wildman–Crippen MR) is 108 cm³/mol. The Morgan fingerprint density at radius 2 is 1.96 bits per heavy atom. The highest BCUT2D eigenvalue weighted by molar-refractivity contribution is 6.08. The molecule has 0 atom stereocenters. The number of carbonyl (C=O) groups excluding carboxylic acids is 1.